The zero-order chi connectivity index (χ0) is 19.0. The minimum Gasteiger partial charge on any atom is -0.488 e. The number of anilines is 1. The molecule has 0 spiro atoms. The molecule has 0 unspecified atom stereocenters. The summed E-state index contributed by atoms with van der Waals surface area (Å²) in [5, 5.41) is 11.4. The van der Waals surface area contributed by atoms with Crippen molar-refractivity contribution in [2.45, 2.75) is 32.9 Å². The van der Waals surface area contributed by atoms with E-state index in [4.69, 9.17) is 4.74 Å². The Balaban J connectivity index is 1.73. The zero-order valence-corrected chi connectivity index (χ0v) is 15.7. The summed E-state index contributed by atoms with van der Waals surface area (Å²) in [6.07, 6.45) is 1.43. The smallest absolute Gasteiger partial charge is 0.167 e. The Hall–Kier alpha value is -2.74. The number of H-pyrrole nitrogens is 1. The summed E-state index contributed by atoms with van der Waals surface area (Å²) < 4.78 is 19.8. The van der Waals surface area contributed by atoms with Crippen LogP contribution in [-0.2, 0) is 0 Å². The third kappa shape index (κ3) is 3.57. The van der Waals surface area contributed by atoms with Crippen LogP contribution in [0.2, 0.25) is 0 Å². The van der Waals surface area contributed by atoms with Gasteiger partial charge >= 0.3 is 0 Å². The van der Waals surface area contributed by atoms with Crippen LogP contribution in [0.4, 0.5) is 10.2 Å². The van der Waals surface area contributed by atoms with Crippen LogP contribution in [0.3, 0.4) is 0 Å². The van der Waals surface area contributed by atoms with Gasteiger partial charge in [-0.05, 0) is 26.8 Å². The van der Waals surface area contributed by atoms with Gasteiger partial charge in [0.05, 0.1) is 17.3 Å². The summed E-state index contributed by atoms with van der Waals surface area (Å²) in [7, 11) is 0. The minimum atomic E-state index is -0.412. The maximum atomic E-state index is 14.2. The molecule has 0 amide bonds. The number of rotatable bonds is 4. The van der Waals surface area contributed by atoms with Crippen molar-refractivity contribution in [3.05, 3.63) is 30.3 Å². The molecular weight excluding hydrogens is 347 g/mol. The van der Waals surface area contributed by atoms with Gasteiger partial charge in [0.15, 0.2) is 11.6 Å². The second-order valence-corrected chi connectivity index (χ2v) is 7.13. The number of nitrogens with one attached hydrogen (secondary N) is 2. The molecule has 7 nitrogen and oxygen atoms in total. The molecule has 1 aliphatic rings. The summed E-state index contributed by atoms with van der Waals surface area (Å²) in [5.74, 6) is 0.667. The van der Waals surface area contributed by atoms with E-state index in [1.54, 1.807) is 12.4 Å². The van der Waals surface area contributed by atoms with Crippen molar-refractivity contribution in [1.29, 1.82) is 0 Å². The van der Waals surface area contributed by atoms with E-state index in [1.807, 2.05) is 19.9 Å². The molecule has 3 heterocycles. The largest absolute Gasteiger partial charge is 0.488 e. The Labute approximate surface area is 157 Å². The molecule has 1 aromatic carbocycles. The fourth-order valence-electron chi connectivity index (χ4n) is 3.35. The van der Waals surface area contributed by atoms with Gasteiger partial charge in [-0.25, -0.2) is 14.4 Å². The van der Waals surface area contributed by atoms with Crippen molar-refractivity contribution < 1.29 is 9.13 Å². The number of benzene rings is 1. The van der Waals surface area contributed by atoms with E-state index < -0.39 is 5.82 Å². The maximum absolute atomic E-state index is 14.2. The standard InChI is InChI=1S/C19H23FN6O/c1-11(2)27-17-6-13-15(7-14(17)20)24-25-19(13)16-8-18(23-10-22-16)26-5-4-21-12(3)9-26/h6-8,10-12,21H,4-5,9H2,1-3H3,(H,24,25)/t12-/m0/s1. The minimum absolute atomic E-state index is 0.118. The molecular formula is C19H23FN6O. The molecule has 1 saturated heterocycles. The lowest BCUT2D eigenvalue weighted by atomic mass is 10.1. The maximum Gasteiger partial charge on any atom is 0.167 e. The first-order valence-electron chi connectivity index (χ1n) is 9.16. The van der Waals surface area contributed by atoms with E-state index in [9.17, 15) is 4.39 Å². The molecule has 27 heavy (non-hydrogen) atoms. The average molecular weight is 370 g/mol. The fourth-order valence-corrected chi connectivity index (χ4v) is 3.35. The SMILES string of the molecule is CC(C)Oc1cc2c(-c3cc(N4CCN[C@@H](C)C4)ncn3)n[nH]c2cc1F. The number of piperazine rings is 1. The molecule has 1 aliphatic heterocycles. The highest BCUT2D eigenvalue weighted by atomic mass is 19.1. The first-order chi connectivity index (χ1) is 13.0. The van der Waals surface area contributed by atoms with E-state index in [2.05, 4.69) is 37.3 Å². The highest BCUT2D eigenvalue weighted by Gasteiger charge is 2.19. The second kappa shape index (κ2) is 7.11. The second-order valence-electron chi connectivity index (χ2n) is 7.13. The summed E-state index contributed by atoms with van der Waals surface area (Å²) in [6, 6.07) is 5.42. The van der Waals surface area contributed by atoms with Crippen molar-refractivity contribution in [2.75, 3.05) is 24.5 Å². The number of ether oxygens (including phenoxy) is 1. The van der Waals surface area contributed by atoms with Gasteiger partial charge in [0.2, 0.25) is 0 Å². The molecule has 1 fully saturated rings. The molecule has 1 atom stereocenters. The van der Waals surface area contributed by atoms with Gasteiger partial charge < -0.3 is 15.0 Å². The Morgan fingerprint density at radius 2 is 2.11 bits per heavy atom. The number of fused-ring (bicyclic) bond motifs is 1. The van der Waals surface area contributed by atoms with Crippen molar-refractivity contribution in [1.82, 2.24) is 25.5 Å². The Kier molecular flexibility index (Phi) is 4.65. The van der Waals surface area contributed by atoms with Gasteiger partial charge in [0.25, 0.3) is 0 Å². The molecule has 2 N–H and O–H groups in total. The van der Waals surface area contributed by atoms with Crippen LogP contribution < -0.4 is 15.0 Å². The predicted octanol–water partition coefficient (Wildman–Crippen LogP) is 2.74. The summed E-state index contributed by atoms with van der Waals surface area (Å²) in [5.41, 5.74) is 1.96. The first kappa shape index (κ1) is 17.7. The predicted molar refractivity (Wildman–Crippen MR) is 103 cm³/mol. The average Bonchev–Trinajstić information content (AvgIpc) is 3.04. The van der Waals surface area contributed by atoms with Gasteiger partial charge in [-0.1, -0.05) is 0 Å². The highest BCUT2D eigenvalue weighted by Crippen LogP contribution is 2.31. The number of aromatic nitrogens is 4. The van der Waals surface area contributed by atoms with Gasteiger partial charge in [-0.2, -0.15) is 5.10 Å². The quantitative estimate of drug-likeness (QED) is 0.735. The molecule has 2 aromatic heterocycles. The zero-order valence-electron chi connectivity index (χ0n) is 15.7. The lowest BCUT2D eigenvalue weighted by molar-refractivity contribution is 0.231. The number of hydrogen-bond donors (Lipinski definition) is 2. The number of aromatic amines is 1. The lowest BCUT2D eigenvalue weighted by Gasteiger charge is -2.32. The Bertz CT molecular complexity index is 957. The molecule has 0 saturated carbocycles. The fraction of sp³-hybridized carbons (Fsp3) is 0.421. The van der Waals surface area contributed by atoms with E-state index in [0.29, 0.717) is 22.9 Å². The first-order valence-corrected chi connectivity index (χ1v) is 9.16. The van der Waals surface area contributed by atoms with E-state index in [1.165, 1.54) is 6.07 Å². The van der Waals surface area contributed by atoms with Crippen molar-refractivity contribution in [3.8, 4) is 17.1 Å². The van der Waals surface area contributed by atoms with Crippen LogP contribution in [0.5, 0.6) is 5.75 Å². The van der Waals surface area contributed by atoms with E-state index in [0.717, 1.165) is 30.8 Å². The van der Waals surface area contributed by atoms with Crippen LogP contribution in [0, 0.1) is 5.82 Å². The third-order valence-corrected chi connectivity index (χ3v) is 4.57. The van der Waals surface area contributed by atoms with Crippen molar-refractivity contribution >= 4 is 16.7 Å². The topological polar surface area (TPSA) is 79.0 Å². The van der Waals surface area contributed by atoms with Crippen molar-refractivity contribution in [2.24, 2.45) is 0 Å². The van der Waals surface area contributed by atoms with Crippen LogP contribution in [-0.4, -0.2) is 51.9 Å². The van der Waals surface area contributed by atoms with Crippen LogP contribution in [0.15, 0.2) is 24.5 Å². The molecule has 8 heteroatoms. The van der Waals surface area contributed by atoms with Gasteiger partial charge in [0, 0.05) is 43.2 Å². The molecule has 0 radical (unpaired) electrons. The number of hydrogen-bond acceptors (Lipinski definition) is 6. The normalized spacial score (nSPS) is 17.7. The third-order valence-electron chi connectivity index (χ3n) is 4.57. The highest BCUT2D eigenvalue weighted by molar-refractivity contribution is 5.93. The van der Waals surface area contributed by atoms with Gasteiger partial charge in [-0.3, -0.25) is 5.10 Å². The number of halogens is 1. The van der Waals surface area contributed by atoms with Crippen molar-refractivity contribution in [3.63, 3.8) is 0 Å². The monoisotopic (exact) mass is 370 g/mol. The Morgan fingerprint density at radius 3 is 2.89 bits per heavy atom. The van der Waals surface area contributed by atoms with Crippen LogP contribution >= 0.6 is 0 Å². The Morgan fingerprint density at radius 1 is 1.26 bits per heavy atom. The summed E-state index contributed by atoms with van der Waals surface area (Å²) in [4.78, 5) is 11.0. The molecule has 3 aromatic rings. The number of nitrogens with zero attached hydrogens (tertiary/aromatic N) is 4. The molecule has 142 valence electrons. The van der Waals surface area contributed by atoms with Crippen LogP contribution in [0.25, 0.3) is 22.3 Å². The van der Waals surface area contributed by atoms with Crippen LogP contribution in [0.1, 0.15) is 20.8 Å². The lowest BCUT2D eigenvalue weighted by Crippen LogP contribution is -2.49. The van der Waals surface area contributed by atoms with E-state index >= 15 is 0 Å². The van der Waals surface area contributed by atoms with Gasteiger partial charge in [-0.15, -0.1) is 0 Å². The van der Waals surface area contributed by atoms with E-state index in [-0.39, 0.29) is 11.9 Å². The van der Waals surface area contributed by atoms with Gasteiger partial charge in [0.1, 0.15) is 17.8 Å². The molecule has 4 rings (SSSR count). The summed E-state index contributed by atoms with van der Waals surface area (Å²) >= 11 is 0. The molecule has 0 aliphatic carbocycles. The molecule has 0 bridgehead atoms. The summed E-state index contributed by atoms with van der Waals surface area (Å²) in [6.45, 7) is 8.58.